The van der Waals surface area contributed by atoms with Gasteiger partial charge in [0.25, 0.3) is 5.89 Å². The molecule has 0 aliphatic carbocycles. The van der Waals surface area contributed by atoms with E-state index in [1.54, 1.807) is 19.1 Å². The Labute approximate surface area is 153 Å². The van der Waals surface area contributed by atoms with Gasteiger partial charge in [-0.2, -0.15) is 0 Å². The van der Waals surface area contributed by atoms with Gasteiger partial charge in [-0.05, 0) is 72.8 Å². The number of hydrogen-bond donors (Lipinski definition) is 0. The number of aryl methyl sites for hydroxylation is 1. The molecule has 3 rings (SSSR count). The maximum atomic E-state index is 12.1. The largest absolute Gasteiger partial charge is 0.449 e. The lowest BCUT2D eigenvalue weighted by Crippen LogP contribution is -2.09. The number of halogens is 1. The Hall–Kier alpha value is -2.22. The van der Waals surface area contributed by atoms with Crippen LogP contribution in [-0.4, -0.2) is 16.2 Å². The average Bonchev–Trinajstić information content (AvgIpc) is 3.06. The Bertz CT molecular complexity index is 841. The second-order valence-electron chi connectivity index (χ2n) is 5.37. The van der Waals surface area contributed by atoms with Gasteiger partial charge in [-0.1, -0.05) is 17.7 Å². The molecule has 0 amide bonds. The third-order valence-corrected chi connectivity index (χ3v) is 4.17. The van der Waals surface area contributed by atoms with Gasteiger partial charge in [0.05, 0.1) is 5.56 Å². The monoisotopic (exact) mass is 434 g/mol. The zero-order chi connectivity index (χ0) is 17.1. The fourth-order valence-corrected chi connectivity index (χ4v) is 2.44. The fraction of sp³-hybridized carbons (Fsp3) is 0.167. The summed E-state index contributed by atoms with van der Waals surface area (Å²) in [5.74, 6) is 0.251. The molecule has 0 aliphatic heterocycles. The number of nitrogens with zero attached hydrogens (tertiary/aromatic N) is 2. The van der Waals surface area contributed by atoms with Crippen molar-refractivity contribution in [1.29, 1.82) is 0 Å². The summed E-state index contributed by atoms with van der Waals surface area (Å²) < 4.78 is 12.1. The minimum atomic E-state index is -0.622. The molecule has 1 atom stereocenters. The molecule has 0 N–H and O–H groups in total. The standard InChI is InChI=1S/C18H15IN2O3/c1-11-3-5-13(6-4-11)17-21-20-16(24-17)12(2)23-18(22)14-7-9-15(19)10-8-14/h3-10,12H,1-2H3. The van der Waals surface area contributed by atoms with Crippen LogP contribution >= 0.6 is 22.6 Å². The molecule has 5 nitrogen and oxygen atoms in total. The Balaban J connectivity index is 1.71. The van der Waals surface area contributed by atoms with Gasteiger partial charge in [0, 0.05) is 9.13 Å². The molecule has 1 aromatic heterocycles. The van der Waals surface area contributed by atoms with E-state index in [9.17, 15) is 4.79 Å². The first-order valence-electron chi connectivity index (χ1n) is 7.40. The van der Waals surface area contributed by atoms with Gasteiger partial charge in [0.2, 0.25) is 5.89 Å². The number of rotatable bonds is 4. The van der Waals surface area contributed by atoms with Crippen molar-refractivity contribution in [3.63, 3.8) is 0 Å². The first-order valence-corrected chi connectivity index (χ1v) is 8.48. The third-order valence-electron chi connectivity index (χ3n) is 3.45. The van der Waals surface area contributed by atoms with E-state index in [4.69, 9.17) is 9.15 Å². The molecule has 1 unspecified atom stereocenters. The highest BCUT2D eigenvalue weighted by molar-refractivity contribution is 14.1. The highest BCUT2D eigenvalue weighted by atomic mass is 127. The summed E-state index contributed by atoms with van der Waals surface area (Å²) in [7, 11) is 0. The molecule has 24 heavy (non-hydrogen) atoms. The molecule has 6 heteroatoms. The van der Waals surface area contributed by atoms with Crippen LogP contribution in [0.4, 0.5) is 0 Å². The van der Waals surface area contributed by atoms with Crippen LogP contribution in [0.25, 0.3) is 11.5 Å². The molecule has 0 saturated carbocycles. The Morgan fingerprint density at radius 3 is 2.42 bits per heavy atom. The summed E-state index contributed by atoms with van der Waals surface area (Å²) in [5, 5.41) is 8.00. The molecule has 3 aromatic rings. The lowest BCUT2D eigenvalue weighted by molar-refractivity contribution is 0.0280. The normalized spacial score (nSPS) is 12.0. The minimum absolute atomic E-state index is 0.268. The highest BCUT2D eigenvalue weighted by Gasteiger charge is 2.19. The Morgan fingerprint density at radius 1 is 1.08 bits per heavy atom. The summed E-state index contributed by atoms with van der Waals surface area (Å²) in [4.78, 5) is 12.1. The molecule has 122 valence electrons. The molecular weight excluding hydrogens is 419 g/mol. The molecular formula is C18H15IN2O3. The maximum Gasteiger partial charge on any atom is 0.338 e. The number of benzene rings is 2. The van der Waals surface area contributed by atoms with E-state index < -0.39 is 12.1 Å². The van der Waals surface area contributed by atoms with E-state index in [0.717, 1.165) is 14.7 Å². The van der Waals surface area contributed by atoms with Crippen molar-refractivity contribution in [2.75, 3.05) is 0 Å². The number of ether oxygens (including phenoxy) is 1. The number of aromatic nitrogens is 2. The summed E-state index contributed by atoms with van der Waals surface area (Å²) in [6.07, 6.45) is -0.622. The van der Waals surface area contributed by atoms with Gasteiger partial charge in [0.1, 0.15) is 0 Å². The lowest BCUT2D eigenvalue weighted by Gasteiger charge is -2.09. The molecule has 0 spiro atoms. The van der Waals surface area contributed by atoms with E-state index in [1.807, 2.05) is 43.3 Å². The fourth-order valence-electron chi connectivity index (χ4n) is 2.08. The van der Waals surface area contributed by atoms with E-state index in [2.05, 4.69) is 32.8 Å². The van der Waals surface area contributed by atoms with Crippen LogP contribution in [0.1, 0.15) is 34.8 Å². The summed E-state index contributed by atoms with van der Waals surface area (Å²) in [6, 6.07) is 14.9. The molecule has 0 bridgehead atoms. The van der Waals surface area contributed by atoms with E-state index >= 15 is 0 Å². The number of carbonyl (C=O) groups is 1. The second-order valence-corrected chi connectivity index (χ2v) is 6.61. The van der Waals surface area contributed by atoms with Crippen molar-refractivity contribution in [2.24, 2.45) is 0 Å². The molecule has 0 saturated heterocycles. The Kier molecular flexibility index (Phi) is 4.94. The van der Waals surface area contributed by atoms with Crippen LogP contribution in [0.2, 0.25) is 0 Å². The highest BCUT2D eigenvalue weighted by Crippen LogP contribution is 2.23. The smallest absolute Gasteiger partial charge is 0.338 e. The van der Waals surface area contributed by atoms with Gasteiger partial charge in [-0.3, -0.25) is 0 Å². The number of esters is 1. The predicted molar refractivity (Wildman–Crippen MR) is 97.5 cm³/mol. The molecule has 0 fully saturated rings. The van der Waals surface area contributed by atoms with Crippen molar-refractivity contribution >= 4 is 28.6 Å². The lowest BCUT2D eigenvalue weighted by atomic mass is 10.1. The quantitative estimate of drug-likeness (QED) is 0.445. The number of carbonyl (C=O) groups excluding carboxylic acids is 1. The van der Waals surface area contributed by atoms with Crippen LogP contribution in [-0.2, 0) is 4.74 Å². The van der Waals surface area contributed by atoms with Crippen molar-refractivity contribution in [1.82, 2.24) is 10.2 Å². The van der Waals surface area contributed by atoms with Crippen molar-refractivity contribution < 1.29 is 13.9 Å². The third kappa shape index (κ3) is 3.81. The summed E-state index contributed by atoms with van der Waals surface area (Å²) in [6.45, 7) is 3.71. The van der Waals surface area contributed by atoms with E-state index in [1.165, 1.54) is 0 Å². The number of hydrogen-bond acceptors (Lipinski definition) is 5. The Morgan fingerprint density at radius 2 is 1.75 bits per heavy atom. The predicted octanol–water partition coefficient (Wildman–Crippen LogP) is 4.57. The SMILES string of the molecule is Cc1ccc(-c2nnc(C(C)OC(=O)c3ccc(I)cc3)o2)cc1. The maximum absolute atomic E-state index is 12.1. The van der Waals surface area contributed by atoms with Crippen LogP contribution in [0.5, 0.6) is 0 Å². The second kappa shape index (κ2) is 7.12. The minimum Gasteiger partial charge on any atom is -0.449 e. The van der Waals surface area contributed by atoms with E-state index in [0.29, 0.717) is 11.5 Å². The van der Waals surface area contributed by atoms with Crippen molar-refractivity contribution in [2.45, 2.75) is 20.0 Å². The van der Waals surface area contributed by atoms with Crippen LogP contribution in [0.15, 0.2) is 52.9 Å². The van der Waals surface area contributed by atoms with Gasteiger partial charge in [-0.15, -0.1) is 10.2 Å². The molecule has 0 aliphatic rings. The first kappa shape index (κ1) is 16.6. The van der Waals surface area contributed by atoms with Gasteiger partial charge >= 0.3 is 5.97 Å². The first-order chi connectivity index (χ1) is 11.5. The van der Waals surface area contributed by atoms with E-state index in [-0.39, 0.29) is 5.89 Å². The summed E-state index contributed by atoms with van der Waals surface area (Å²) in [5.41, 5.74) is 2.47. The molecule has 0 radical (unpaired) electrons. The van der Waals surface area contributed by atoms with Crippen LogP contribution < -0.4 is 0 Å². The van der Waals surface area contributed by atoms with Crippen molar-refractivity contribution in [3.05, 3.63) is 69.1 Å². The average molecular weight is 434 g/mol. The van der Waals surface area contributed by atoms with Crippen molar-refractivity contribution in [3.8, 4) is 11.5 Å². The van der Waals surface area contributed by atoms with Gasteiger partial charge in [-0.25, -0.2) is 4.79 Å². The van der Waals surface area contributed by atoms with Crippen LogP contribution in [0.3, 0.4) is 0 Å². The van der Waals surface area contributed by atoms with Gasteiger partial charge in [0.15, 0.2) is 6.10 Å². The van der Waals surface area contributed by atoms with Gasteiger partial charge < -0.3 is 9.15 Å². The summed E-state index contributed by atoms with van der Waals surface area (Å²) >= 11 is 2.18. The van der Waals surface area contributed by atoms with Crippen LogP contribution in [0, 0.1) is 10.5 Å². The zero-order valence-electron chi connectivity index (χ0n) is 13.2. The molecule has 2 aromatic carbocycles. The topological polar surface area (TPSA) is 65.2 Å². The molecule has 1 heterocycles. The zero-order valence-corrected chi connectivity index (χ0v) is 15.4.